The van der Waals surface area contributed by atoms with Gasteiger partial charge in [-0.05, 0) is 37.5 Å². The van der Waals surface area contributed by atoms with Crippen molar-refractivity contribution in [2.24, 2.45) is 5.41 Å². The van der Waals surface area contributed by atoms with Crippen molar-refractivity contribution in [3.63, 3.8) is 0 Å². The van der Waals surface area contributed by atoms with Gasteiger partial charge in [-0.1, -0.05) is 6.92 Å². The lowest BCUT2D eigenvalue weighted by atomic mass is 9.61. The fourth-order valence-electron chi connectivity index (χ4n) is 3.49. The quantitative estimate of drug-likeness (QED) is 0.712. The number of aromatic hydroxyl groups is 2. The number of carbonyl (C=O) groups is 2. The van der Waals surface area contributed by atoms with Gasteiger partial charge in [-0.2, -0.15) is 0 Å². The average molecular weight is 272 g/mol. The number of allylic oxidation sites excluding steroid dienone is 2. The van der Waals surface area contributed by atoms with Crippen molar-refractivity contribution in [3.8, 4) is 11.5 Å². The zero-order chi connectivity index (χ0) is 14.7. The number of benzene rings is 1. The number of phenols is 2. The summed E-state index contributed by atoms with van der Waals surface area (Å²) in [6.07, 6.45) is 1.49. The smallest absolute Gasteiger partial charge is 0.194 e. The van der Waals surface area contributed by atoms with E-state index in [-0.39, 0.29) is 28.6 Å². The second-order valence-electron chi connectivity index (χ2n) is 5.95. The molecule has 0 aromatic heterocycles. The highest BCUT2D eigenvalue weighted by molar-refractivity contribution is 6.18. The molecule has 20 heavy (non-hydrogen) atoms. The van der Waals surface area contributed by atoms with Gasteiger partial charge in [0, 0.05) is 23.0 Å². The maximum atomic E-state index is 12.7. The van der Waals surface area contributed by atoms with Gasteiger partial charge < -0.3 is 10.2 Å². The van der Waals surface area contributed by atoms with Gasteiger partial charge in [-0.25, -0.2) is 0 Å². The molecule has 3 rings (SSSR count). The summed E-state index contributed by atoms with van der Waals surface area (Å²) < 4.78 is 0. The lowest BCUT2D eigenvalue weighted by Crippen LogP contribution is -2.38. The molecule has 4 nitrogen and oxygen atoms in total. The number of ketones is 2. The molecule has 1 aromatic rings. The summed E-state index contributed by atoms with van der Waals surface area (Å²) in [5.74, 6) is -0.439. The Morgan fingerprint density at radius 1 is 1.15 bits per heavy atom. The van der Waals surface area contributed by atoms with Crippen LogP contribution in [-0.4, -0.2) is 21.8 Å². The van der Waals surface area contributed by atoms with Gasteiger partial charge in [0.15, 0.2) is 11.6 Å². The first-order valence-corrected chi connectivity index (χ1v) is 6.68. The van der Waals surface area contributed by atoms with Gasteiger partial charge in [-0.3, -0.25) is 9.59 Å². The lowest BCUT2D eigenvalue weighted by Gasteiger charge is -2.40. The second-order valence-corrected chi connectivity index (χ2v) is 5.95. The third-order valence-electron chi connectivity index (χ3n) is 4.59. The molecule has 2 N–H and O–H groups in total. The zero-order valence-electron chi connectivity index (χ0n) is 11.5. The van der Waals surface area contributed by atoms with Crippen LogP contribution in [0.15, 0.2) is 23.3 Å². The molecule has 0 saturated carbocycles. The minimum Gasteiger partial charge on any atom is -0.508 e. The van der Waals surface area contributed by atoms with E-state index in [0.717, 1.165) is 0 Å². The van der Waals surface area contributed by atoms with Crippen molar-refractivity contribution in [3.05, 3.63) is 34.4 Å². The Morgan fingerprint density at radius 2 is 1.80 bits per heavy atom. The maximum Gasteiger partial charge on any atom is 0.194 e. The average Bonchev–Trinajstić information content (AvgIpc) is 2.38. The molecule has 0 aliphatic heterocycles. The van der Waals surface area contributed by atoms with Crippen molar-refractivity contribution in [1.82, 2.24) is 0 Å². The van der Waals surface area contributed by atoms with Crippen LogP contribution in [0, 0.1) is 5.41 Å². The molecule has 0 spiro atoms. The topological polar surface area (TPSA) is 74.6 Å². The van der Waals surface area contributed by atoms with Crippen molar-refractivity contribution >= 4 is 11.6 Å². The standard InChI is InChI=1S/C16H16O4/c1-8-10(17)5-6-16(2)7-9-11(18)3-4-12(19)13(9)15(20)14(8)16/h3-4,18-19H,5-7H2,1-2H3/t16-/m1/s1. The Bertz CT molecular complexity index is 684. The first-order chi connectivity index (χ1) is 9.35. The summed E-state index contributed by atoms with van der Waals surface area (Å²) in [5, 5.41) is 19.9. The molecular weight excluding hydrogens is 256 g/mol. The van der Waals surface area contributed by atoms with E-state index >= 15 is 0 Å². The molecule has 0 amide bonds. The molecular formula is C16H16O4. The number of carbonyl (C=O) groups excluding carboxylic acids is 2. The molecule has 0 bridgehead atoms. The molecule has 0 saturated heterocycles. The van der Waals surface area contributed by atoms with E-state index in [9.17, 15) is 19.8 Å². The molecule has 4 heteroatoms. The van der Waals surface area contributed by atoms with E-state index in [4.69, 9.17) is 0 Å². The van der Waals surface area contributed by atoms with E-state index in [1.165, 1.54) is 12.1 Å². The minimum absolute atomic E-state index is 0.00563. The Balaban J connectivity index is 2.32. The molecule has 2 aliphatic carbocycles. The number of fused-ring (bicyclic) bond motifs is 2. The highest BCUT2D eigenvalue weighted by Gasteiger charge is 2.46. The monoisotopic (exact) mass is 272 g/mol. The van der Waals surface area contributed by atoms with Crippen LogP contribution < -0.4 is 0 Å². The van der Waals surface area contributed by atoms with Crippen LogP contribution in [0.3, 0.4) is 0 Å². The Morgan fingerprint density at radius 3 is 2.50 bits per heavy atom. The van der Waals surface area contributed by atoms with Gasteiger partial charge in [0.25, 0.3) is 0 Å². The number of hydrogen-bond donors (Lipinski definition) is 2. The normalized spacial score (nSPS) is 25.5. The predicted molar refractivity (Wildman–Crippen MR) is 72.9 cm³/mol. The molecule has 0 fully saturated rings. The minimum atomic E-state index is -0.437. The predicted octanol–water partition coefficient (Wildman–Crippen LogP) is 2.52. The molecule has 1 aromatic carbocycles. The van der Waals surface area contributed by atoms with Crippen LogP contribution in [0.5, 0.6) is 11.5 Å². The van der Waals surface area contributed by atoms with Crippen molar-refractivity contribution in [1.29, 1.82) is 0 Å². The van der Waals surface area contributed by atoms with Gasteiger partial charge in [-0.15, -0.1) is 0 Å². The van der Waals surface area contributed by atoms with Crippen molar-refractivity contribution < 1.29 is 19.8 Å². The van der Waals surface area contributed by atoms with Crippen LogP contribution in [0.4, 0.5) is 0 Å². The van der Waals surface area contributed by atoms with Gasteiger partial charge in [0.05, 0.1) is 5.56 Å². The summed E-state index contributed by atoms with van der Waals surface area (Å²) in [7, 11) is 0. The molecule has 2 aliphatic rings. The second kappa shape index (κ2) is 3.95. The highest BCUT2D eigenvalue weighted by atomic mass is 16.3. The molecule has 0 heterocycles. The molecule has 1 atom stereocenters. The van der Waals surface area contributed by atoms with Gasteiger partial charge in [0.1, 0.15) is 11.5 Å². The largest absolute Gasteiger partial charge is 0.508 e. The SMILES string of the molecule is CC1=C2C(=O)c3c(O)ccc(O)c3C[C@@]2(C)CCC1=O. The first kappa shape index (κ1) is 12.9. The number of Topliss-reactive ketones (excluding diaryl/α,β-unsaturated/α-hetero) is 2. The zero-order valence-corrected chi connectivity index (χ0v) is 11.5. The fraction of sp³-hybridized carbons (Fsp3) is 0.375. The third kappa shape index (κ3) is 1.54. The Hall–Kier alpha value is -2.10. The van der Waals surface area contributed by atoms with E-state index < -0.39 is 5.41 Å². The van der Waals surface area contributed by atoms with E-state index in [1.54, 1.807) is 6.92 Å². The number of rotatable bonds is 0. The van der Waals surface area contributed by atoms with Crippen molar-refractivity contribution in [2.45, 2.75) is 33.1 Å². The summed E-state index contributed by atoms with van der Waals surface area (Å²) in [6, 6.07) is 2.72. The highest BCUT2D eigenvalue weighted by Crippen LogP contribution is 2.50. The maximum absolute atomic E-state index is 12.7. The van der Waals surface area contributed by atoms with Crippen LogP contribution in [-0.2, 0) is 11.2 Å². The van der Waals surface area contributed by atoms with E-state index in [1.807, 2.05) is 6.92 Å². The summed E-state index contributed by atoms with van der Waals surface area (Å²) in [4.78, 5) is 24.6. The molecule has 0 unspecified atom stereocenters. The number of phenolic OH excluding ortho intramolecular Hbond substituents is 2. The van der Waals surface area contributed by atoms with E-state index in [0.29, 0.717) is 36.0 Å². The third-order valence-corrected chi connectivity index (χ3v) is 4.59. The summed E-state index contributed by atoms with van der Waals surface area (Å²) in [6.45, 7) is 3.63. The summed E-state index contributed by atoms with van der Waals surface area (Å²) in [5.41, 5.74) is 1.20. The molecule has 104 valence electrons. The van der Waals surface area contributed by atoms with Crippen LogP contribution >= 0.6 is 0 Å². The van der Waals surface area contributed by atoms with Gasteiger partial charge >= 0.3 is 0 Å². The fourth-order valence-corrected chi connectivity index (χ4v) is 3.49. The summed E-state index contributed by atoms with van der Waals surface area (Å²) >= 11 is 0. The van der Waals surface area contributed by atoms with Crippen molar-refractivity contribution in [2.75, 3.05) is 0 Å². The first-order valence-electron chi connectivity index (χ1n) is 6.68. The van der Waals surface area contributed by atoms with Crippen LogP contribution in [0.2, 0.25) is 0 Å². The Kier molecular flexibility index (Phi) is 2.55. The lowest BCUT2D eigenvalue weighted by molar-refractivity contribution is -0.116. The Labute approximate surface area is 116 Å². The molecule has 0 radical (unpaired) electrons. The van der Waals surface area contributed by atoms with Crippen LogP contribution in [0.1, 0.15) is 42.6 Å². The number of hydrogen-bond acceptors (Lipinski definition) is 4. The van der Waals surface area contributed by atoms with Crippen LogP contribution in [0.25, 0.3) is 0 Å². The van der Waals surface area contributed by atoms with Gasteiger partial charge in [0.2, 0.25) is 0 Å². The van der Waals surface area contributed by atoms with E-state index in [2.05, 4.69) is 0 Å².